The van der Waals surface area contributed by atoms with E-state index >= 15 is 0 Å². The summed E-state index contributed by atoms with van der Waals surface area (Å²) in [6, 6.07) is 14.3. The molecule has 2 aromatic carbocycles. The van der Waals surface area contributed by atoms with E-state index in [0.29, 0.717) is 23.6 Å². The van der Waals surface area contributed by atoms with Crippen molar-refractivity contribution in [1.82, 2.24) is 9.80 Å². The third-order valence-electron chi connectivity index (χ3n) is 5.80. The molecule has 0 N–H and O–H groups in total. The van der Waals surface area contributed by atoms with Gasteiger partial charge < -0.3 is 9.64 Å². The molecule has 1 aliphatic carbocycles. The molecule has 1 fully saturated rings. The van der Waals surface area contributed by atoms with Gasteiger partial charge in [0.25, 0.3) is 11.8 Å². The lowest BCUT2D eigenvalue weighted by molar-refractivity contribution is -0.134. The predicted molar refractivity (Wildman–Crippen MR) is 108 cm³/mol. The average molecular weight is 392 g/mol. The molecule has 6 heteroatoms. The Morgan fingerprint density at radius 2 is 1.66 bits per heavy atom. The lowest BCUT2D eigenvalue weighted by Crippen LogP contribution is -2.46. The number of hydrogen-bond donors (Lipinski definition) is 0. The number of nitrogens with zero attached hydrogens (tertiary/aromatic N) is 2. The van der Waals surface area contributed by atoms with Crippen LogP contribution >= 0.6 is 0 Å². The third-order valence-corrected chi connectivity index (χ3v) is 5.80. The van der Waals surface area contributed by atoms with Crippen LogP contribution in [0, 0.1) is 5.92 Å². The van der Waals surface area contributed by atoms with Crippen LogP contribution in [-0.4, -0.2) is 47.2 Å². The van der Waals surface area contributed by atoms with Gasteiger partial charge in [-0.1, -0.05) is 24.3 Å². The number of imide groups is 1. The molecule has 29 heavy (non-hydrogen) atoms. The first-order valence-electron chi connectivity index (χ1n) is 9.87. The number of carbonyl (C=O) groups is 3. The van der Waals surface area contributed by atoms with Crippen LogP contribution in [0.4, 0.5) is 0 Å². The maximum atomic E-state index is 13.2. The molecule has 0 aromatic heterocycles. The summed E-state index contributed by atoms with van der Waals surface area (Å²) in [5.41, 5.74) is 1.71. The van der Waals surface area contributed by atoms with Crippen LogP contribution in [0.25, 0.3) is 0 Å². The van der Waals surface area contributed by atoms with E-state index in [2.05, 4.69) is 0 Å². The topological polar surface area (TPSA) is 66.9 Å². The van der Waals surface area contributed by atoms with Gasteiger partial charge >= 0.3 is 0 Å². The van der Waals surface area contributed by atoms with Crippen molar-refractivity contribution >= 4 is 17.7 Å². The maximum absolute atomic E-state index is 13.2. The van der Waals surface area contributed by atoms with E-state index in [1.807, 2.05) is 31.2 Å². The average Bonchev–Trinajstić information content (AvgIpc) is 3.57. The van der Waals surface area contributed by atoms with E-state index in [1.165, 1.54) is 0 Å². The highest BCUT2D eigenvalue weighted by molar-refractivity contribution is 6.22. The van der Waals surface area contributed by atoms with Crippen molar-refractivity contribution in [3.63, 3.8) is 0 Å². The molecule has 150 valence electrons. The molecule has 3 amide bonds. The fourth-order valence-corrected chi connectivity index (χ4v) is 3.83. The summed E-state index contributed by atoms with van der Waals surface area (Å²) >= 11 is 0. The van der Waals surface area contributed by atoms with Crippen LogP contribution in [-0.2, 0) is 11.3 Å². The van der Waals surface area contributed by atoms with E-state index in [1.54, 1.807) is 36.3 Å². The number of fused-ring (bicyclic) bond motifs is 1. The van der Waals surface area contributed by atoms with Crippen LogP contribution in [0.3, 0.4) is 0 Å². The first kappa shape index (κ1) is 19.2. The summed E-state index contributed by atoms with van der Waals surface area (Å²) in [7, 11) is 1.61. The fourth-order valence-electron chi connectivity index (χ4n) is 3.83. The quantitative estimate of drug-likeness (QED) is 0.679. The summed E-state index contributed by atoms with van der Waals surface area (Å²) < 4.78 is 5.20. The predicted octanol–water partition coefficient (Wildman–Crippen LogP) is 3.12. The molecule has 1 heterocycles. The van der Waals surface area contributed by atoms with Gasteiger partial charge in [-0.15, -0.1) is 0 Å². The Labute approximate surface area is 170 Å². The molecular weight excluding hydrogens is 368 g/mol. The molecule has 4 rings (SSSR count). The Kier molecular flexibility index (Phi) is 5.09. The van der Waals surface area contributed by atoms with Crippen molar-refractivity contribution in [2.24, 2.45) is 5.92 Å². The van der Waals surface area contributed by atoms with Gasteiger partial charge in [-0.3, -0.25) is 19.3 Å². The molecule has 1 atom stereocenters. The van der Waals surface area contributed by atoms with Gasteiger partial charge in [-0.05, 0) is 55.5 Å². The van der Waals surface area contributed by atoms with Crippen molar-refractivity contribution in [3.05, 3.63) is 65.2 Å². The Morgan fingerprint density at radius 1 is 1.07 bits per heavy atom. The lowest BCUT2D eigenvalue weighted by Gasteiger charge is -2.31. The van der Waals surface area contributed by atoms with Crippen molar-refractivity contribution in [1.29, 1.82) is 0 Å². The van der Waals surface area contributed by atoms with Crippen molar-refractivity contribution in [3.8, 4) is 5.75 Å². The number of amides is 3. The minimum atomic E-state index is -0.401. The number of benzene rings is 2. The van der Waals surface area contributed by atoms with Crippen LogP contribution < -0.4 is 4.74 Å². The summed E-state index contributed by atoms with van der Waals surface area (Å²) in [5.74, 6) is 0.215. The largest absolute Gasteiger partial charge is 0.497 e. The standard InChI is InChI=1S/C23H24N2O4/c1-15(17-9-10-17)24(13-16-7-11-18(29-2)12-8-16)21(26)14-25-22(27)19-5-3-4-6-20(19)23(25)28/h3-8,11-12,15,17H,9-10,13-14H2,1-2H3/t15-/m0/s1. The molecule has 2 aliphatic rings. The van der Waals surface area contributed by atoms with Gasteiger partial charge in [0.15, 0.2) is 0 Å². The van der Waals surface area contributed by atoms with E-state index in [0.717, 1.165) is 29.1 Å². The monoisotopic (exact) mass is 392 g/mol. The highest BCUT2D eigenvalue weighted by Crippen LogP contribution is 2.36. The molecule has 0 saturated heterocycles. The second-order valence-electron chi connectivity index (χ2n) is 7.69. The zero-order valence-electron chi connectivity index (χ0n) is 16.6. The van der Waals surface area contributed by atoms with Gasteiger partial charge in [-0.25, -0.2) is 0 Å². The second-order valence-corrected chi connectivity index (χ2v) is 7.69. The zero-order valence-corrected chi connectivity index (χ0v) is 16.6. The summed E-state index contributed by atoms with van der Waals surface area (Å²) in [4.78, 5) is 41.3. The second kappa shape index (κ2) is 7.70. The Morgan fingerprint density at radius 3 is 2.17 bits per heavy atom. The van der Waals surface area contributed by atoms with Gasteiger partial charge in [0, 0.05) is 12.6 Å². The van der Waals surface area contributed by atoms with E-state index in [4.69, 9.17) is 4.74 Å². The number of ether oxygens (including phenoxy) is 1. The minimum Gasteiger partial charge on any atom is -0.497 e. The summed E-state index contributed by atoms with van der Waals surface area (Å²) in [6.07, 6.45) is 2.20. The fraction of sp³-hybridized carbons (Fsp3) is 0.348. The molecule has 2 aromatic rings. The van der Waals surface area contributed by atoms with Gasteiger partial charge in [0.2, 0.25) is 5.91 Å². The number of carbonyl (C=O) groups excluding carboxylic acids is 3. The smallest absolute Gasteiger partial charge is 0.262 e. The number of methoxy groups -OCH3 is 1. The molecule has 1 saturated carbocycles. The van der Waals surface area contributed by atoms with Crippen molar-refractivity contribution < 1.29 is 19.1 Å². The highest BCUT2D eigenvalue weighted by atomic mass is 16.5. The Balaban J connectivity index is 1.52. The SMILES string of the molecule is COc1ccc(CN(C(=O)CN2C(=O)c3ccccc3C2=O)[C@@H](C)C2CC2)cc1. The van der Waals surface area contributed by atoms with Gasteiger partial charge in [0.1, 0.15) is 12.3 Å². The number of hydrogen-bond acceptors (Lipinski definition) is 4. The zero-order chi connectivity index (χ0) is 20.5. The van der Waals surface area contributed by atoms with Crippen LogP contribution in [0.15, 0.2) is 48.5 Å². The Bertz CT molecular complexity index is 915. The summed E-state index contributed by atoms with van der Waals surface area (Å²) in [5, 5.41) is 0. The Hall–Kier alpha value is -3.15. The molecule has 0 unspecified atom stereocenters. The van der Waals surface area contributed by atoms with Gasteiger partial charge in [-0.2, -0.15) is 0 Å². The van der Waals surface area contributed by atoms with E-state index in [-0.39, 0.29) is 18.5 Å². The number of rotatable bonds is 7. The van der Waals surface area contributed by atoms with Crippen LogP contribution in [0.1, 0.15) is 46.0 Å². The minimum absolute atomic E-state index is 0.0554. The molecule has 0 spiro atoms. The van der Waals surface area contributed by atoms with Gasteiger partial charge in [0.05, 0.1) is 18.2 Å². The molecular formula is C23H24N2O4. The van der Waals surface area contributed by atoms with E-state index in [9.17, 15) is 14.4 Å². The van der Waals surface area contributed by atoms with Crippen LogP contribution in [0.5, 0.6) is 5.75 Å². The first-order valence-corrected chi connectivity index (χ1v) is 9.87. The normalized spacial score (nSPS) is 16.6. The lowest BCUT2D eigenvalue weighted by atomic mass is 10.1. The molecule has 0 radical (unpaired) electrons. The maximum Gasteiger partial charge on any atom is 0.262 e. The van der Waals surface area contributed by atoms with Crippen molar-refractivity contribution in [2.45, 2.75) is 32.4 Å². The first-order chi connectivity index (χ1) is 14.0. The molecule has 6 nitrogen and oxygen atoms in total. The highest BCUT2D eigenvalue weighted by Gasteiger charge is 2.39. The van der Waals surface area contributed by atoms with Crippen LogP contribution in [0.2, 0.25) is 0 Å². The molecule has 1 aliphatic heterocycles. The summed E-state index contributed by atoms with van der Waals surface area (Å²) in [6.45, 7) is 2.24. The molecule has 0 bridgehead atoms. The third kappa shape index (κ3) is 3.75. The van der Waals surface area contributed by atoms with E-state index < -0.39 is 11.8 Å². The van der Waals surface area contributed by atoms with Crippen molar-refractivity contribution in [2.75, 3.05) is 13.7 Å².